The number of fused-ring (bicyclic) bond motifs is 1. The van der Waals surface area contributed by atoms with Crippen LogP contribution in [0.4, 0.5) is 0 Å². The Kier molecular flexibility index (Phi) is 4.16. The molecule has 1 aliphatic carbocycles. The van der Waals surface area contributed by atoms with E-state index in [1.165, 1.54) is 6.07 Å². The first-order valence-corrected chi connectivity index (χ1v) is 9.65. The van der Waals surface area contributed by atoms with Gasteiger partial charge in [0.1, 0.15) is 13.2 Å². The number of halogens is 1. The second kappa shape index (κ2) is 5.78. The van der Waals surface area contributed by atoms with Gasteiger partial charge in [0.25, 0.3) is 0 Å². The number of ether oxygens (including phenoxy) is 2. The fourth-order valence-electron chi connectivity index (χ4n) is 2.85. The molecule has 3 rings (SSSR count). The molecule has 1 aromatic rings. The molecule has 0 aromatic heterocycles. The summed E-state index contributed by atoms with van der Waals surface area (Å²) in [6, 6.07) is 4.75. The highest BCUT2D eigenvalue weighted by Crippen LogP contribution is 2.35. The fraction of sp³-hybridized carbons (Fsp3) is 0.571. The van der Waals surface area contributed by atoms with E-state index >= 15 is 0 Å². The van der Waals surface area contributed by atoms with Crippen molar-refractivity contribution in [2.24, 2.45) is 0 Å². The lowest BCUT2D eigenvalue weighted by Gasteiger charge is -2.28. The second-order valence-electron chi connectivity index (χ2n) is 5.53. The average molecular weight is 376 g/mol. The zero-order valence-electron chi connectivity index (χ0n) is 11.6. The van der Waals surface area contributed by atoms with Gasteiger partial charge in [0, 0.05) is 16.9 Å². The molecule has 0 unspecified atom stereocenters. The Balaban J connectivity index is 1.88. The summed E-state index contributed by atoms with van der Waals surface area (Å²) >= 11 is 3.45. The lowest BCUT2D eigenvalue weighted by atomic mass is 10.0. The SMILES string of the molecule is O=S(=O)(NC1(CBr)CCCC1)c1ccc2c(c1)OCCO2. The molecule has 0 saturated heterocycles. The first kappa shape index (κ1) is 15.1. The number of hydrogen-bond acceptors (Lipinski definition) is 4. The Morgan fingerprint density at radius 2 is 1.81 bits per heavy atom. The van der Waals surface area contributed by atoms with E-state index in [4.69, 9.17) is 9.47 Å². The molecule has 1 saturated carbocycles. The standard InChI is InChI=1S/C14H18BrNO4S/c15-10-14(5-1-2-6-14)16-21(17,18)11-3-4-12-13(9-11)20-8-7-19-12/h3-4,9,16H,1-2,5-8,10H2. The number of nitrogens with one attached hydrogen (secondary N) is 1. The van der Waals surface area contributed by atoms with Gasteiger partial charge in [0.15, 0.2) is 11.5 Å². The molecule has 0 radical (unpaired) electrons. The molecular formula is C14H18BrNO4S. The van der Waals surface area contributed by atoms with Crippen molar-refractivity contribution in [2.75, 3.05) is 18.5 Å². The van der Waals surface area contributed by atoms with Crippen molar-refractivity contribution < 1.29 is 17.9 Å². The Hall–Kier alpha value is -0.790. The molecule has 116 valence electrons. The van der Waals surface area contributed by atoms with E-state index in [0.29, 0.717) is 30.0 Å². The van der Waals surface area contributed by atoms with Crippen LogP contribution in [-0.2, 0) is 10.0 Å². The first-order chi connectivity index (χ1) is 10.0. The number of benzene rings is 1. The highest BCUT2D eigenvalue weighted by atomic mass is 79.9. The third-order valence-electron chi connectivity index (χ3n) is 3.99. The summed E-state index contributed by atoms with van der Waals surface area (Å²) in [6.07, 6.45) is 3.83. The van der Waals surface area contributed by atoms with Crippen LogP contribution in [0.15, 0.2) is 23.1 Å². The zero-order valence-corrected chi connectivity index (χ0v) is 14.0. The summed E-state index contributed by atoms with van der Waals surface area (Å²) in [5.74, 6) is 1.08. The van der Waals surface area contributed by atoms with Crippen molar-refractivity contribution >= 4 is 26.0 Å². The highest BCUT2D eigenvalue weighted by Gasteiger charge is 2.37. The molecular weight excluding hydrogens is 358 g/mol. The number of rotatable bonds is 4. The Morgan fingerprint density at radius 1 is 1.14 bits per heavy atom. The molecule has 2 aliphatic rings. The third-order valence-corrected chi connectivity index (χ3v) is 6.64. The molecule has 21 heavy (non-hydrogen) atoms. The van der Waals surface area contributed by atoms with Crippen LogP contribution in [-0.4, -0.2) is 32.5 Å². The van der Waals surface area contributed by atoms with Gasteiger partial charge in [-0.1, -0.05) is 28.8 Å². The van der Waals surface area contributed by atoms with Crippen molar-refractivity contribution in [2.45, 2.75) is 36.1 Å². The van der Waals surface area contributed by atoms with E-state index < -0.39 is 10.0 Å². The summed E-state index contributed by atoms with van der Waals surface area (Å²) in [5, 5.41) is 0.629. The van der Waals surface area contributed by atoms with Crippen molar-refractivity contribution in [3.63, 3.8) is 0 Å². The normalized spacial score (nSPS) is 20.4. The first-order valence-electron chi connectivity index (χ1n) is 7.04. The van der Waals surface area contributed by atoms with Crippen molar-refractivity contribution in [3.05, 3.63) is 18.2 Å². The molecule has 0 amide bonds. The van der Waals surface area contributed by atoms with Crippen LogP contribution in [0.25, 0.3) is 0 Å². The van der Waals surface area contributed by atoms with Gasteiger partial charge in [-0.25, -0.2) is 13.1 Å². The van der Waals surface area contributed by atoms with E-state index in [-0.39, 0.29) is 10.4 Å². The van der Waals surface area contributed by atoms with Crippen LogP contribution in [0, 0.1) is 0 Å². The van der Waals surface area contributed by atoms with Crippen molar-refractivity contribution in [3.8, 4) is 11.5 Å². The van der Waals surface area contributed by atoms with Gasteiger partial charge in [-0.2, -0.15) is 0 Å². The van der Waals surface area contributed by atoms with Gasteiger partial charge in [0.2, 0.25) is 10.0 Å². The zero-order chi connectivity index (χ0) is 14.9. The summed E-state index contributed by atoms with van der Waals surface area (Å²) in [6.45, 7) is 0.930. The molecule has 1 aliphatic heterocycles. The molecule has 5 nitrogen and oxygen atoms in total. The average Bonchev–Trinajstić information content (AvgIpc) is 2.95. The van der Waals surface area contributed by atoms with Gasteiger partial charge in [-0.15, -0.1) is 0 Å². The summed E-state index contributed by atoms with van der Waals surface area (Å²) < 4.78 is 39.0. The Bertz CT molecular complexity index is 626. The van der Waals surface area contributed by atoms with E-state index in [1.807, 2.05) is 0 Å². The molecule has 1 aromatic carbocycles. The van der Waals surface area contributed by atoms with E-state index in [1.54, 1.807) is 12.1 Å². The lowest BCUT2D eigenvalue weighted by Crippen LogP contribution is -2.47. The quantitative estimate of drug-likeness (QED) is 0.820. The number of sulfonamides is 1. The highest BCUT2D eigenvalue weighted by molar-refractivity contribution is 9.09. The minimum absolute atomic E-state index is 0.221. The van der Waals surface area contributed by atoms with Crippen LogP contribution in [0.1, 0.15) is 25.7 Å². The number of alkyl halides is 1. The third kappa shape index (κ3) is 3.05. The summed E-state index contributed by atoms with van der Waals surface area (Å²) in [7, 11) is -3.56. The van der Waals surface area contributed by atoms with Crippen LogP contribution in [0.3, 0.4) is 0 Å². The molecule has 0 bridgehead atoms. The molecule has 7 heteroatoms. The van der Waals surface area contributed by atoms with Gasteiger partial charge >= 0.3 is 0 Å². The fourth-order valence-corrected chi connectivity index (χ4v) is 5.21. The molecule has 0 spiro atoms. The lowest BCUT2D eigenvalue weighted by molar-refractivity contribution is 0.171. The van der Waals surface area contributed by atoms with Crippen molar-refractivity contribution in [1.82, 2.24) is 4.72 Å². The predicted molar refractivity (Wildman–Crippen MR) is 82.7 cm³/mol. The Labute approximate surface area is 133 Å². The second-order valence-corrected chi connectivity index (χ2v) is 7.78. The van der Waals surface area contributed by atoms with E-state index in [0.717, 1.165) is 25.7 Å². The minimum Gasteiger partial charge on any atom is -0.486 e. The minimum atomic E-state index is -3.56. The maximum atomic E-state index is 12.6. The van der Waals surface area contributed by atoms with Crippen LogP contribution in [0.5, 0.6) is 11.5 Å². The van der Waals surface area contributed by atoms with Crippen LogP contribution in [0.2, 0.25) is 0 Å². The number of hydrogen-bond donors (Lipinski definition) is 1. The smallest absolute Gasteiger partial charge is 0.241 e. The molecule has 0 atom stereocenters. The van der Waals surface area contributed by atoms with Gasteiger partial charge < -0.3 is 9.47 Å². The van der Waals surface area contributed by atoms with Crippen molar-refractivity contribution in [1.29, 1.82) is 0 Å². The predicted octanol–water partition coefficient (Wildman–Crippen LogP) is 2.44. The van der Waals surface area contributed by atoms with E-state index in [2.05, 4.69) is 20.7 Å². The van der Waals surface area contributed by atoms with Gasteiger partial charge in [-0.3, -0.25) is 0 Å². The largest absolute Gasteiger partial charge is 0.486 e. The summed E-state index contributed by atoms with van der Waals surface area (Å²) in [4.78, 5) is 0.221. The summed E-state index contributed by atoms with van der Waals surface area (Å²) in [5.41, 5.74) is -0.369. The maximum absolute atomic E-state index is 12.6. The molecule has 1 heterocycles. The van der Waals surface area contributed by atoms with Crippen LogP contribution >= 0.6 is 15.9 Å². The molecule has 1 N–H and O–H groups in total. The topological polar surface area (TPSA) is 64.6 Å². The van der Waals surface area contributed by atoms with Gasteiger partial charge in [0.05, 0.1) is 4.90 Å². The van der Waals surface area contributed by atoms with Crippen LogP contribution < -0.4 is 14.2 Å². The van der Waals surface area contributed by atoms with Gasteiger partial charge in [-0.05, 0) is 25.0 Å². The Morgan fingerprint density at radius 3 is 2.48 bits per heavy atom. The monoisotopic (exact) mass is 375 g/mol. The van der Waals surface area contributed by atoms with E-state index in [9.17, 15) is 8.42 Å². The molecule has 1 fully saturated rings. The maximum Gasteiger partial charge on any atom is 0.241 e.